The van der Waals surface area contributed by atoms with Gasteiger partial charge in [0, 0.05) is 0 Å². The molecule has 4 heterocycles. The first kappa shape index (κ1) is 12.4. The molecule has 21 heavy (non-hydrogen) atoms. The van der Waals surface area contributed by atoms with Crippen LogP contribution < -0.4 is 4.90 Å². The third-order valence-electron chi connectivity index (χ3n) is 4.79. The van der Waals surface area contributed by atoms with E-state index in [2.05, 4.69) is 0 Å². The minimum absolute atomic E-state index is 0.0123. The van der Waals surface area contributed by atoms with E-state index in [0.717, 1.165) is 0 Å². The maximum Gasteiger partial charge on any atom is 0.240 e. The minimum atomic E-state index is -0.430. The summed E-state index contributed by atoms with van der Waals surface area (Å²) in [5, 5.41) is 0.704. The third kappa shape index (κ3) is 1.40. The first-order chi connectivity index (χ1) is 10.1. The Morgan fingerprint density at radius 2 is 1.43 bits per heavy atom. The molecule has 0 aromatic heterocycles. The van der Waals surface area contributed by atoms with Crippen LogP contribution in [0.2, 0.25) is 10.0 Å². The average molecular weight is 326 g/mol. The fraction of sp³-hybridized carbons (Fsp3) is 0.429. The van der Waals surface area contributed by atoms with E-state index in [0.29, 0.717) is 15.7 Å². The molecule has 0 N–H and O–H groups in total. The average Bonchev–Trinajstić information content (AvgIpc) is 2.97. The summed E-state index contributed by atoms with van der Waals surface area (Å²) in [6.07, 6.45) is -0.591. The lowest BCUT2D eigenvalue weighted by molar-refractivity contribution is -0.126. The van der Waals surface area contributed by atoms with Crippen molar-refractivity contribution in [2.24, 2.45) is 11.8 Å². The van der Waals surface area contributed by atoms with Crippen molar-refractivity contribution in [1.82, 2.24) is 0 Å². The topological polar surface area (TPSA) is 59.1 Å². The number of halogens is 2. The number of epoxide rings is 1. The van der Waals surface area contributed by atoms with Crippen LogP contribution in [0.3, 0.4) is 0 Å². The lowest BCUT2D eigenvalue weighted by atomic mass is 9.81. The summed E-state index contributed by atoms with van der Waals surface area (Å²) in [5.74, 6) is -1.32. The first-order valence-electron chi connectivity index (χ1n) is 6.72. The van der Waals surface area contributed by atoms with E-state index in [1.54, 1.807) is 18.2 Å². The lowest BCUT2D eigenvalue weighted by Gasteiger charge is -2.18. The van der Waals surface area contributed by atoms with Gasteiger partial charge in [0.1, 0.15) is 12.2 Å². The second kappa shape index (κ2) is 3.79. The summed E-state index contributed by atoms with van der Waals surface area (Å²) in [4.78, 5) is 26.5. The molecule has 5 nitrogen and oxygen atoms in total. The van der Waals surface area contributed by atoms with Crippen LogP contribution in [0, 0.1) is 11.8 Å². The van der Waals surface area contributed by atoms with Crippen molar-refractivity contribution < 1.29 is 19.1 Å². The van der Waals surface area contributed by atoms with Crippen molar-refractivity contribution in [3.05, 3.63) is 28.2 Å². The van der Waals surface area contributed by atoms with E-state index in [1.807, 2.05) is 0 Å². The van der Waals surface area contributed by atoms with Crippen LogP contribution in [0.25, 0.3) is 0 Å². The first-order valence-corrected chi connectivity index (χ1v) is 7.47. The summed E-state index contributed by atoms with van der Waals surface area (Å²) >= 11 is 11.9. The molecule has 4 fully saturated rings. The van der Waals surface area contributed by atoms with Crippen molar-refractivity contribution >= 4 is 40.7 Å². The molecule has 2 unspecified atom stereocenters. The van der Waals surface area contributed by atoms with Gasteiger partial charge in [-0.2, -0.15) is 0 Å². The van der Waals surface area contributed by atoms with E-state index in [1.165, 1.54) is 4.90 Å². The van der Waals surface area contributed by atoms with Crippen molar-refractivity contribution in [3.63, 3.8) is 0 Å². The van der Waals surface area contributed by atoms with Crippen molar-refractivity contribution in [2.45, 2.75) is 24.4 Å². The number of fused-ring (bicyclic) bond motifs is 8. The number of ether oxygens (including phenoxy) is 2. The summed E-state index contributed by atoms with van der Waals surface area (Å²) in [6, 6.07) is 4.76. The van der Waals surface area contributed by atoms with Gasteiger partial charge in [0.25, 0.3) is 0 Å². The second-order valence-corrected chi connectivity index (χ2v) is 6.61. The van der Waals surface area contributed by atoms with Gasteiger partial charge >= 0.3 is 0 Å². The van der Waals surface area contributed by atoms with Gasteiger partial charge in [-0.05, 0) is 18.2 Å². The molecule has 4 aliphatic heterocycles. The quantitative estimate of drug-likeness (QED) is 0.582. The molecule has 2 amide bonds. The zero-order valence-corrected chi connectivity index (χ0v) is 12.0. The molecular formula is C14H9Cl2NO4. The number of carbonyl (C=O) groups is 2. The molecule has 0 aliphatic carbocycles. The van der Waals surface area contributed by atoms with Crippen LogP contribution >= 0.6 is 23.2 Å². The van der Waals surface area contributed by atoms with Gasteiger partial charge < -0.3 is 9.47 Å². The number of hydrogen-bond donors (Lipinski definition) is 0. The molecular weight excluding hydrogens is 317 g/mol. The highest BCUT2D eigenvalue weighted by Gasteiger charge is 2.75. The Balaban J connectivity index is 1.56. The molecule has 6 atom stereocenters. The van der Waals surface area contributed by atoms with Crippen LogP contribution in [-0.2, 0) is 19.1 Å². The minimum Gasteiger partial charge on any atom is -0.368 e. The molecule has 108 valence electrons. The van der Waals surface area contributed by atoms with E-state index in [-0.39, 0.29) is 36.2 Å². The van der Waals surface area contributed by atoms with Crippen molar-refractivity contribution in [2.75, 3.05) is 4.90 Å². The van der Waals surface area contributed by atoms with Gasteiger partial charge in [-0.1, -0.05) is 23.2 Å². The van der Waals surface area contributed by atoms with Crippen molar-refractivity contribution in [3.8, 4) is 0 Å². The van der Waals surface area contributed by atoms with Gasteiger partial charge in [0.15, 0.2) is 0 Å². The van der Waals surface area contributed by atoms with Crippen LogP contribution in [0.4, 0.5) is 5.69 Å². The highest BCUT2D eigenvalue weighted by atomic mass is 35.5. The zero-order chi connectivity index (χ0) is 14.5. The predicted octanol–water partition coefficient (Wildman–Crippen LogP) is 1.65. The number of rotatable bonds is 1. The number of nitrogens with zero attached hydrogens (tertiary/aromatic N) is 1. The number of benzene rings is 1. The Bertz CT molecular complexity index is 676. The molecule has 0 saturated carbocycles. The molecule has 1 aromatic carbocycles. The van der Waals surface area contributed by atoms with Gasteiger partial charge in [0.2, 0.25) is 11.8 Å². The number of hydrogen-bond acceptors (Lipinski definition) is 4. The van der Waals surface area contributed by atoms with Crippen LogP contribution in [-0.4, -0.2) is 36.2 Å². The van der Waals surface area contributed by atoms with Gasteiger partial charge in [-0.3, -0.25) is 9.59 Å². The number of carbonyl (C=O) groups excluding carboxylic acids is 2. The Morgan fingerprint density at radius 3 is 2.00 bits per heavy atom. The monoisotopic (exact) mass is 325 g/mol. The highest BCUT2D eigenvalue weighted by Crippen LogP contribution is 2.57. The Morgan fingerprint density at radius 1 is 0.857 bits per heavy atom. The largest absolute Gasteiger partial charge is 0.368 e. The summed E-state index contributed by atoms with van der Waals surface area (Å²) in [7, 11) is 0. The van der Waals surface area contributed by atoms with Crippen LogP contribution in [0.15, 0.2) is 18.2 Å². The molecule has 5 rings (SSSR count). The molecule has 4 saturated heterocycles. The number of imide groups is 1. The molecule has 0 spiro atoms. The summed E-state index contributed by atoms with van der Waals surface area (Å²) in [5.41, 5.74) is 0.461. The number of amides is 2. The van der Waals surface area contributed by atoms with Gasteiger partial charge in [-0.25, -0.2) is 4.90 Å². The number of anilines is 1. The standard InChI is InChI=1S/C14H9Cl2NO4/c15-5-2-1-4(3-6(5)16)17-13(18)7-8(14(17)19)10-12-11(21-12)9(7)20-10/h1-3,7-12H/t7-,8+,9?,10?,11-,12+. The smallest absolute Gasteiger partial charge is 0.240 e. The summed E-state index contributed by atoms with van der Waals surface area (Å²) in [6.45, 7) is 0. The maximum atomic E-state index is 12.6. The van der Waals surface area contributed by atoms with Crippen LogP contribution in [0.1, 0.15) is 0 Å². The Labute approximate surface area is 129 Å². The lowest BCUT2D eigenvalue weighted by Crippen LogP contribution is -2.35. The third-order valence-corrected chi connectivity index (χ3v) is 5.53. The SMILES string of the molecule is O=C1[C@@H]2C3OC([C@H]4O[C@@H]34)[C@@H]2C(=O)N1c1ccc(Cl)c(Cl)c1. The van der Waals surface area contributed by atoms with Crippen LogP contribution in [0.5, 0.6) is 0 Å². The molecule has 0 radical (unpaired) electrons. The highest BCUT2D eigenvalue weighted by molar-refractivity contribution is 6.42. The Kier molecular flexibility index (Phi) is 2.24. The van der Waals surface area contributed by atoms with E-state index < -0.39 is 11.8 Å². The predicted molar refractivity (Wildman–Crippen MR) is 73.3 cm³/mol. The van der Waals surface area contributed by atoms with E-state index >= 15 is 0 Å². The molecule has 7 heteroatoms. The fourth-order valence-corrected chi connectivity index (χ4v) is 4.15. The maximum absolute atomic E-state index is 12.6. The molecule has 4 aliphatic rings. The molecule has 1 aromatic rings. The molecule has 2 bridgehead atoms. The Hall–Kier alpha value is -1.14. The van der Waals surface area contributed by atoms with E-state index in [9.17, 15) is 9.59 Å². The van der Waals surface area contributed by atoms with Crippen molar-refractivity contribution in [1.29, 1.82) is 0 Å². The zero-order valence-electron chi connectivity index (χ0n) is 10.5. The van der Waals surface area contributed by atoms with Gasteiger partial charge in [0.05, 0.1) is 39.8 Å². The normalized spacial score (nSPS) is 42.5. The van der Waals surface area contributed by atoms with Gasteiger partial charge in [-0.15, -0.1) is 0 Å². The summed E-state index contributed by atoms with van der Waals surface area (Å²) < 4.78 is 11.2. The second-order valence-electron chi connectivity index (χ2n) is 5.79. The fourth-order valence-electron chi connectivity index (χ4n) is 3.86. The van der Waals surface area contributed by atoms with E-state index in [4.69, 9.17) is 32.7 Å².